The zero-order chi connectivity index (χ0) is 26.0. The minimum Gasteiger partial charge on any atom is -0.468 e. The molecule has 198 valence electrons. The van der Waals surface area contributed by atoms with Gasteiger partial charge in [-0.2, -0.15) is 0 Å². The number of amides is 2. The number of benzene rings is 2. The highest BCUT2D eigenvalue weighted by Crippen LogP contribution is 2.61. The lowest BCUT2D eigenvalue weighted by molar-refractivity contribution is -0.143. The Morgan fingerprint density at radius 1 is 0.737 bits per heavy atom. The van der Waals surface area contributed by atoms with E-state index in [9.17, 15) is 14.4 Å². The molecule has 7 aliphatic rings. The van der Waals surface area contributed by atoms with Crippen LogP contribution in [0.5, 0.6) is 0 Å². The molecule has 2 amide bonds. The zero-order valence-electron chi connectivity index (χ0n) is 22.0. The minimum absolute atomic E-state index is 0.0297. The third kappa shape index (κ3) is 3.70. The average molecular weight is 513 g/mol. The van der Waals surface area contributed by atoms with Gasteiger partial charge in [-0.1, -0.05) is 48.5 Å². The van der Waals surface area contributed by atoms with Crippen molar-refractivity contribution in [1.82, 2.24) is 10.6 Å². The van der Waals surface area contributed by atoms with Gasteiger partial charge in [0.15, 0.2) is 0 Å². The maximum Gasteiger partial charge on any atom is 0.325 e. The standard InChI is InChI=1S/C32H36N2O4/c1-38-25(35)16-33-30(36)28-26-21-6-2-4-8-23(21)27(24-9-5-3-7-22(24)26)29(28)31(37)34-17-32-13-18-10-19(14-32)12-20(11-18)15-32/h2-9,18-20,26-29H,10-17H2,1H3,(H,33,36)(H,34,37)/t18?,19?,20?,26?,27?,28-,29+,32?/m1/s1. The molecule has 6 bridgehead atoms. The number of ether oxygens (including phenoxy) is 1. The fourth-order valence-electron chi connectivity index (χ4n) is 9.56. The van der Waals surface area contributed by atoms with Gasteiger partial charge in [0.25, 0.3) is 0 Å². The molecule has 6 nitrogen and oxygen atoms in total. The second kappa shape index (κ2) is 8.96. The lowest BCUT2D eigenvalue weighted by Gasteiger charge is -2.57. The summed E-state index contributed by atoms with van der Waals surface area (Å²) in [5.41, 5.74) is 4.72. The van der Waals surface area contributed by atoms with E-state index in [4.69, 9.17) is 4.74 Å². The monoisotopic (exact) mass is 512 g/mol. The van der Waals surface area contributed by atoms with Gasteiger partial charge in [0, 0.05) is 18.4 Å². The van der Waals surface area contributed by atoms with Crippen molar-refractivity contribution < 1.29 is 19.1 Å². The fourth-order valence-corrected chi connectivity index (χ4v) is 9.56. The summed E-state index contributed by atoms with van der Waals surface area (Å²) in [7, 11) is 1.31. The topological polar surface area (TPSA) is 84.5 Å². The Morgan fingerprint density at radius 2 is 1.16 bits per heavy atom. The molecule has 6 heteroatoms. The Labute approximate surface area is 223 Å². The SMILES string of the molecule is COC(=O)CNC(=O)[C@@H]1C2c3ccccc3C(c3ccccc32)[C@@H]1C(=O)NCC12CC3CC(CC(C3)C1)C2. The summed E-state index contributed by atoms with van der Waals surface area (Å²) in [6.45, 7) is 0.511. The number of carbonyl (C=O) groups excluding carboxylic acids is 3. The van der Waals surface area contributed by atoms with Crippen molar-refractivity contribution in [1.29, 1.82) is 0 Å². The molecule has 4 fully saturated rings. The molecule has 2 N–H and O–H groups in total. The van der Waals surface area contributed by atoms with E-state index >= 15 is 0 Å². The fraction of sp³-hybridized carbons (Fsp3) is 0.531. The highest BCUT2D eigenvalue weighted by Gasteiger charge is 2.56. The quantitative estimate of drug-likeness (QED) is 0.570. The van der Waals surface area contributed by atoms with Crippen LogP contribution in [0.2, 0.25) is 0 Å². The largest absolute Gasteiger partial charge is 0.468 e. The van der Waals surface area contributed by atoms with E-state index in [0.717, 1.165) is 40.0 Å². The maximum atomic E-state index is 14.2. The van der Waals surface area contributed by atoms with E-state index in [1.165, 1.54) is 45.6 Å². The van der Waals surface area contributed by atoms with Crippen molar-refractivity contribution in [3.63, 3.8) is 0 Å². The summed E-state index contributed by atoms with van der Waals surface area (Å²) < 4.78 is 4.76. The number of esters is 1. The molecular formula is C32H36N2O4. The molecule has 2 aromatic carbocycles. The molecule has 0 heterocycles. The van der Waals surface area contributed by atoms with Crippen molar-refractivity contribution in [3.05, 3.63) is 70.8 Å². The molecule has 0 unspecified atom stereocenters. The Balaban J connectivity index is 1.23. The molecule has 2 atom stereocenters. The van der Waals surface area contributed by atoms with Crippen LogP contribution in [0.1, 0.15) is 72.6 Å². The smallest absolute Gasteiger partial charge is 0.325 e. The van der Waals surface area contributed by atoms with E-state index in [-0.39, 0.29) is 35.6 Å². The summed E-state index contributed by atoms with van der Waals surface area (Å²) in [4.78, 5) is 39.9. The van der Waals surface area contributed by atoms with Gasteiger partial charge < -0.3 is 15.4 Å². The van der Waals surface area contributed by atoms with Crippen molar-refractivity contribution >= 4 is 17.8 Å². The van der Waals surface area contributed by atoms with Crippen LogP contribution in [0.15, 0.2) is 48.5 Å². The molecule has 0 aromatic heterocycles. The van der Waals surface area contributed by atoms with Gasteiger partial charge >= 0.3 is 5.97 Å². The number of fused-ring (bicyclic) bond motifs is 1. The molecule has 2 aromatic rings. The summed E-state index contributed by atoms with van der Waals surface area (Å²) in [5.74, 6) is 0.115. The van der Waals surface area contributed by atoms with E-state index in [1.54, 1.807) is 0 Å². The molecule has 9 rings (SSSR count). The third-order valence-electron chi connectivity index (χ3n) is 10.5. The van der Waals surface area contributed by atoms with E-state index < -0.39 is 17.8 Å². The first-order chi connectivity index (χ1) is 18.5. The highest BCUT2D eigenvalue weighted by molar-refractivity contribution is 5.93. The predicted octanol–water partition coefficient (Wildman–Crippen LogP) is 4.13. The molecule has 38 heavy (non-hydrogen) atoms. The maximum absolute atomic E-state index is 14.2. The summed E-state index contributed by atoms with van der Waals surface area (Å²) in [6.07, 6.45) is 7.79. The molecule has 0 aliphatic heterocycles. The molecule has 0 spiro atoms. The number of hydrogen-bond donors (Lipinski definition) is 2. The Kier molecular flexibility index (Phi) is 5.64. The molecule has 0 radical (unpaired) electrons. The molecule has 4 saturated carbocycles. The van der Waals surface area contributed by atoms with Crippen LogP contribution >= 0.6 is 0 Å². The second-order valence-corrected chi connectivity index (χ2v) is 12.7. The first-order valence-corrected chi connectivity index (χ1v) is 14.3. The van der Waals surface area contributed by atoms with Crippen molar-refractivity contribution in [2.45, 2.75) is 50.4 Å². The lowest BCUT2D eigenvalue weighted by Crippen LogP contribution is -2.56. The lowest BCUT2D eigenvalue weighted by atomic mass is 9.49. The molecule has 0 saturated heterocycles. The van der Waals surface area contributed by atoms with Crippen molar-refractivity contribution in [2.24, 2.45) is 35.0 Å². The van der Waals surface area contributed by atoms with E-state index in [0.29, 0.717) is 6.54 Å². The van der Waals surface area contributed by atoms with Gasteiger partial charge in [-0.3, -0.25) is 14.4 Å². The predicted molar refractivity (Wildman–Crippen MR) is 142 cm³/mol. The van der Waals surface area contributed by atoms with E-state index in [1.807, 2.05) is 24.3 Å². The van der Waals surface area contributed by atoms with Crippen LogP contribution in [-0.2, 0) is 19.1 Å². The summed E-state index contributed by atoms with van der Waals surface area (Å²) >= 11 is 0. The highest BCUT2D eigenvalue weighted by atomic mass is 16.5. The number of nitrogens with one attached hydrogen (secondary N) is 2. The summed E-state index contributed by atoms with van der Waals surface area (Å²) in [6, 6.07) is 16.5. The van der Waals surface area contributed by atoms with Crippen LogP contribution < -0.4 is 10.6 Å². The number of hydrogen-bond acceptors (Lipinski definition) is 4. The second-order valence-electron chi connectivity index (χ2n) is 12.7. The van der Waals surface area contributed by atoms with Gasteiger partial charge in [0.05, 0.1) is 18.9 Å². The van der Waals surface area contributed by atoms with Crippen LogP contribution in [0.4, 0.5) is 0 Å². The Bertz CT molecular complexity index is 1220. The average Bonchev–Trinajstić information content (AvgIpc) is 2.93. The number of methoxy groups -OCH3 is 1. The van der Waals surface area contributed by atoms with Crippen LogP contribution in [0, 0.1) is 35.0 Å². The van der Waals surface area contributed by atoms with Crippen LogP contribution in [-0.4, -0.2) is 38.0 Å². The zero-order valence-corrected chi connectivity index (χ0v) is 22.0. The summed E-state index contributed by atoms with van der Waals surface area (Å²) in [5, 5.41) is 6.20. The van der Waals surface area contributed by atoms with Crippen LogP contribution in [0.3, 0.4) is 0 Å². The first kappa shape index (κ1) is 23.9. The van der Waals surface area contributed by atoms with Crippen LogP contribution in [0.25, 0.3) is 0 Å². The number of rotatable bonds is 6. The normalized spacial score (nSPS) is 35.2. The van der Waals surface area contributed by atoms with Gasteiger partial charge in [-0.25, -0.2) is 0 Å². The van der Waals surface area contributed by atoms with Crippen molar-refractivity contribution in [2.75, 3.05) is 20.2 Å². The van der Waals surface area contributed by atoms with Gasteiger partial charge in [0.1, 0.15) is 6.54 Å². The van der Waals surface area contributed by atoms with E-state index in [2.05, 4.69) is 34.9 Å². The third-order valence-corrected chi connectivity index (χ3v) is 10.5. The number of carbonyl (C=O) groups is 3. The Hall–Kier alpha value is -3.15. The van der Waals surface area contributed by atoms with Gasteiger partial charge in [-0.15, -0.1) is 0 Å². The van der Waals surface area contributed by atoms with Gasteiger partial charge in [-0.05, 0) is 83.9 Å². The minimum atomic E-state index is -0.592. The Morgan fingerprint density at radius 3 is 1.58 bits per heavy atom. The van der Waals surface area contributed by atoms with Crippen molar-refractivity contribution in [3.8, 4) is 0 Å². The molecule has 7 aliphatic carbocycles. The first-order valence-electron chi connectivity index (χ1n) is 14.3. The van der Waals surface area contributed by atoms with Gasteiger partial charge in [0.2, 0.25) is 11.8 Å². The molecular weight excluding hydrogens is 476 g/mol.